The fourth-order valence-electron chi connectivity index (χ4n) is 1.58. The molecule has 0 aromatic heterocycles. The van der Waals surface area contributed by atoms with Crippen LogP contribution in [-0.2, 0) is 11.3 Å². The number of aliphatic hydroxyl groups excluding tert-OH is 1. The first-order valence-electron chi connectivity index (χ1n) is 5.30. The van der Waals surface area contributed by atoms with E-state index in [1.54, 1.807) is 12.1 Å². The molecule has 1 fully saturated rings. The van der Waals surface area contributed by atoms with Gasteiger partial charge in [-0.05, 0) is 30.5 Å². The highest BCUT2D eigenvalue weighted by Gasteiger charge is 2.49. The lowest BCUT2D eigenvalue weighted by molar-refractivity contribution is -0.127. The third-order valence-electron chi connectivity index (χ3n) is 3.00. The smallest absolute Gasteiger partial charge is 0.228 e. The molecule has 86 valence electrons. The monoisotopic (exact) mass is 223 g/mol. The number of carbonyl (C=O) groups is 1. The van der Waals surface area contributed by atoms with E-state index in [1.165, 1.54) is 12.1 Å². The van der Waals surface area contributed by atoms with E-state index in [9.17, 15) is 9.18 Å². The van der Waals surface area contributed by atoms with Gasteiger partial charge in [-0.2, -0.15) is 0 Å². The Kier molecular flexibility index (Phi) is 2.92. The Morgan fingerprint density at radius 1 is 1.38 bits per heavy atom. The summed E-state index contributed by atoms with van der Waals surface area (Å²) in [6.45, 7) is 0.281. The van der Waals surface area contributed by atoms with Gasteiger partial charge in [0.1, 0.15) is 5.82 Å². The summed E-state index contributed by atoms with van der Waals surface area (Å²) < 4.78 is 12.6. The Bertz CT molecular complexity index is 385. The summed E-state index contributed by atoms with van der Waals surface area (Å²) in [5.41, 5.74) is 0.309. The summed E-state index contributed by atoms with van der Waals surface area (Å²) in [7, 11) is 0. The Balaban J connectivity index is 1.88. The molecule has 16 heavy (non-hydrogen) atoms. The van der Waals surface area contributed by atoms with E-state index in [2.05, 4.69) is 5.32 Å². The van der Waals surface area contributed by atoms with Crippen molar-refractivity contribution in [3.05, 3.63) is 35.6 Å². The minimum absolute atomic E-state index is 0.0950. The Labute approximate surface area is 93.3 Å². The van der Waals surface area contributed by atoms with Crippen molar-refractivity contribution in [3.8, 4) is 0 Å². The highest BCUT2D eigenvalue weighted by Crippen LogP contribution is 2.45. The maximum Gasteiger partial charge on any atom is 0.228 e. The van der Waals surface area contributed by atoms with E-state index in [4.69, 9.17) is 5.11 Å². The zero-order valence-electron chi connectivity index (χ0n) is 8.87. The van der Waals surface area contributed by atoms with Crippen LogP contribution in [0, 0.1) is 11.2 Å². The van der Waals surface area contributed by atoms with E-state index >= 15 is 0 Å². The molecule has 0 unspecified atom stereocenters. The summed E-state index contributed by atoms with van der Waals surface area (Å²) in [6, 6.07) is 5.99. The van der Waals surface area contributed by atoms with E-state index in [1.807, 2.05) is 0 Å². The molecule has 1 aromatic carbocycles. The molecule has 0 atom stereocenters. The number of carbonyl (C=O) groups excluding carboxylic acids is 1. The lowest BCUT2D eigenvalue weighted by atomic mass is 10.1. The number of hydrogen-bond acceptors (Lipinski definition) is 2. The first kappa shape index (κ1) is 11.1. The van der Waals surface area contributed by atoms with Gasteiger partial charge in [-0.3, -0.25) is 4.79 Å². The van der Waals surface area contributed by atoms with Crippen LogP contribution < -0.4 is 5.32 Å². The average Bonchev–Trinajstić information content (AvgIpc) is 3.09. The summed E-state index contributed by atoms with van der Waals surface area (Å²) in [4.78, 5) is 11.7. The molecule has 1 aromatic rings. The largest absolute Gasteiger partial charge is 0.395 e. The summed E-state index contributed by atoms with van der Waals surface area (Å²) in [5, 5.41) is 11.8. The topological polar surface area (TPSA) is 49.3 Å². The number of amides is 1. The molecule has 2 N–H and O–H groups in total. The fourth-order valence-corrected chi connectivity index (χ4v) is 1.58. The van der Waals surface area contributed by atoms with Gasteiger partial charge in [0, 0.05) is 6.54 Å². The average molecular weight is 223 g/mol. The highest BCUT2D eigenvalue weighted by molar-refractivity contribution is 5.85. The number of rotatable bonds is 4. The molecule has 0 saturated heterocycles. The van der Waals surface area contributed by atoms with Gasteiger partial charge >= 0.3 is 0 Å². The van der Waals surface area contributed by atoms with Crippen LogP contribution in [0.25, 0.3) is 0 Å². The number of nitrogens with one attached hydrogen (secondary N) is 1. The predicted molar refractivity (Wildman–Crippen MR) is 57.0 cm³/mol. The Morgan fingerprint density at radius 2 is 2.00 bits per heavy atom. The molecule has 0 heterocycles. The van der Waals surface area contributed by atoms with Gasteiger partial charge < -0.3 is 10.4 Å². The van der Waals surface area contributed by atoms with Crippen LogP contribution in [0.15, 0.2) is 24.3 Å². The molecule has 0 spiro atoms. The van der Waals surface area contributed by atoms with Crippen molar-refractivity contribution in [3.63, 3.8) is 0 Å². The zero-order valence-corrected chi connectivity index (χ0v) is 8.87. The van der Waals surface area contributed by atoms with E-state index < -0.39 is 5.41 Å². The molecule has 0 aliphatic heterocycles. The van der Waals surface area contributed by atoms with Gasteiger partial charge in [0.15, 0.2) is 0 Å². The van der Waals surface area contributed by atoms with E-state index in [0.29, 0.717) is 6.54 Å². The summed E-state index contributed by atoms with van der Waals surface area (Å²) in [5.74, 6) is -0.400. The number of halogens is 1. The minimum Gasteiger partial charge on any atom is -0.395 e. The van der Waals surface area contributed by atoms with Gasteiger partial charge in [0.2, 0.25) is 5.91 Å². The standard InChI is InChI=1S/C12H14FNO2/c13-10-3-1-9(2-4-10)7-14-11(16)12(8-15)5-6-12/h1-4,15H,5-8H2,(H,14,16). The maximum absolute atomic E-state index is 12.6. The molecule has 0 radical (unpaired) electrons. The molecule has 2 rings (SSSR count). The number of aliphatic hydroxyl groups is 1. The highest BCUT2D eigenvalue weighted by atomic mass is 19.1. The van der Waals surface area contributed by atoms with Crippen LogP contribution in [-0.4, -0.2) is 17.6 Å². The molecular weight excluding hydrogens is 209 g/mol. The van der Waals surface area contributed by atoms with Gasteiger partial charge in [0.25, 0.3) is 0 Å². The Hall–Kier alpha value is -1.42. The maximum atomic E-state index is 12.6. The van der Waals surface area contributed by atoms with Gasteiger partial charge in [-0.25, -0.2) is 4.39 Å². The molecule has 4 heteroatoms. The van der Waals surface area contributed by atoms with Crippen LogP contribution in [0.2, 0.25) is 0 Å². The van der Waals surface area contributed by atoms with Crippen molar-refractivity contribution in [2.75, 3.05) is 6.61 Å². The molecule has 1 aliphatic rings. The van der Waals surface area contributed by atoms with Crippen LogP contribution in [0.4, 0.5) is 4.39 Å². The Morgan fingerprint density at radius 3 is 2.50 bits per heavy atom. The summed E-state index contributed by atoms with van der Waals surface area (Å²) in [6.07, 6.45) is 1.50. The van der Waals surface area contributed by atoms with Crippen LogP contribution >= 0.6 is 0 Å². The van der Waals surface area contributed by atoms with E-state index in [-0.39, 0.29) is 18.3 Å². The second kappa shape index (κ2) is 4.22. The van der Waals surface area contributed by atoms with E-state index in [0.717, 1.165) is 18.4 Å². The SMILES string of the molecule is O=C(NCc1ccc(F)cc1)C1(CO)CC1. The molecule has 0 bridgehead atoms. The third kappa shape index (κ3) is 2.22. The molecular formula is C12H14FNO2. The van der Waals surface area contributed by atoms with Crippen molar-refractivity contribution < 1.29 is 14.3 Å². The number of hydrogen-bond donors (Lipinski definition) is 2. The first-order chi connectivity index (χ1) is 7.66. The second-order valence-electron chi connectivity index (χ2n) is 4.25. The summed E-state index contributed by atoms with van der Waals surface area (Å²) >= 11 is 0. The van der Waals surface area contributed by atoms with Gasteiger partial charge in [-0.1, -0.05) is 12.1 Å². The minimum atomic E-state index is -0.542. The van der Waals surface area contributed by atoms with Gasteiger partial charge in [-0.15, -0.1) is 0 Å². The lowest BCUT2D eigenvalue weighted by Gasteiger charge is -2.12. The number of benzene rings is 1. The van der Waals surface area contributed by atoms with Crippen LogP contribution in [0.3, 0.4) is 0 Å². The second-order valence-corrected chi connectivity index (χ2v) is 4.25. The molecule has 1 amide bonds. The van der Waals surface area contributed by atoms with Gasteiger partial charge in [0.05, 0.1) is 12.0 Å². The van der Waals surface area contributed by atoms with Crippen molar-refractivity contribution in [1.82, 2.24) is 5.32 Å². The third-order valence-corrected chi connectivity index (χ3v) is 3.00. The van der Waals surface area contributed by atoms with Crippen molar-refractivity contribution in [1.29, 1.82) is 0 Å². The fraction of sp³-hybridized carbons (Fsp3) is 0.417. The molecule has 1 saturated carbocycles. The first-order valence-corrected chi connectivity index (χ1v) is 5.30. The normalized spacial score (nSPS) is 16.9. The van der Waals surface area contributed by atoms with Crippen molar-refractivity contribution >= 4 is 5.91 Å². The molecule has 1 aliphatic carbocycles. The van der Waals surface area contributed by atoms with Crippen molar-refractivity contribution in [2.45, 2.75) is 19.4 Å². The van der Waals surface area contributed by atoms with Crippen molar-refractivity contribution in [2.24, 2.45) is 5.41 Å². The van der Waals surface area contributed by atoms with Crippen LogP contribution in [0.1, 0.15) is 18.4 Å². The molecule has 3 nitrogen and oxygen atoms in total. The lowest BCUT2D eigenvalue weighted by Crippen LogP contribution is -2.33. The quantitative estimate of drug-likeness (QED) is 0.806. The van der Waals surface area contributed by atoms with Crippen LogP contribution in [0.5, 0.6) is 0 Å². The predicted octanol–water partition coefficient (Wildman–Crippen LogP) is 1.21. The zero-order chi connectivity index (χ0) is 11.6.